The van der Waals surface area contributed by atoms with E-state index in [2.05, 4.69) is 17.3 Å². The highest BCUT2D eigenvalue weighted by molar-refractivity contribution is 5.99. The molecule has 4 nitrogen and oxygen atoms in total. The molecule has 1 N–H and O–H groups in total. The molecule has 2 saturated heterocycles. The minimum atomic E-state index is -4.51. The minimum Gasteiger partial charge on any atom is -0.496 e. The van der Waals surface area contributed by atoms with E-state index >= 15 is 0 Å². The Morgan fingerprint density at radius 2 is 1.87 bits per heavy atom. The molecule has 2 bridgehead atoms. The number of piperidine rings is 1. The molecular weight excluding hydrogens is 405 g/mol. The Morgan fingerprint density at radius 1 is 1.16 bits per heavy atom. The average molecular weight is 432 g/mol. The number of likely N-dealkylation sites (N-methyl/N-ethyl adjacent to an activating group) is 1. The van der Waals surface area contributed by atoms with Gasteiger partial charge < -0.3 is 10.1 Å². The summed E-state index contributed by atoms with van der Waals surface area (Å²) in [6.45, 7) is 1.51. The minimum absolute atomic E-state index is 0.0681. The number of carbonyl (C=O) groups is 1. The molecule has 2 aliphatic rings. The largest absolute Gasteiger partial charge is 0.496 e. The number of fused-ring (bicyclic) bond motifs is 2. The highest BCUT2D eigenvalue weighted by Crippen LogP contribution is 2.46. The number of ether oxygens (including phenoxy) is 1. The van der Waals surface area contributed by atoms with Crippen LogP contribution in [0.25, 0.3) is 0 Å². The fraction of sp³-hybridized carbons (Fsp3) is 0.458. The summed E-state index contributed by atoms with van der Waals surface area (Å²) in [6.07, 6.45) is -0.743. The lowest BCUT2D eigenvalue weighted by molar-refractivity contribution is -0.137. The first-order valence-electron chi connectivity index (χ1n) is 10.5. The number of nitrogens with one attached hydrogen (secondary N) is 1. The summed E-state index contributed by atoms with van der Waals surface area (Å²) in [4.78, 5) is 15.9. The summed E-state index contributed by atoms with van der Waals surface area (Å²) in [6, 6.07) is 12.4. The van der Waals surface area contributed by atoms with Gasteiger partial charge in [-0.3, -0.25) is 9.69 Å². The van der Waals surface area contributed by atoms with Crippen molar-refractivity contribution in [3.63, 3.8) is 0 Å². The Morgan fingerprint density at radius 3 is 2.52 bits per heavy atom. The van der Waals surface area contributed by atoms with E-state index in [1.165, 1.54) is 14.0 Å². The molecule has 0 saturated carbocycles. The van der Waals surface area contributed by atoms with E-state index in [-0.39, 0.29) is 22.9 Å². The zero-order chi connectivity index (χ0) is 22.4. The van der Waals surface area contributed by atoms with Gasteiger partial charge in [0.15, 0.2) is 0 Å². The van der Waals surface area contributed by atoms with Crippen molar-refractivity contribution < 1.29 is 22.7 Å². The highest BCUT2D eigenvalue weighted by atomic mass is 19.4. The van der Waals surface area contributed by atoms with Gasteiger partial charge in [-0.25, -0.2) is 0 Å². The lowest BCUT2D eigenvalue weighted by Gasteiger charge is -2.48. The third-order valence-electron chi connectivity index (χ3n) is 6.98. The average Bonchev–Trinajstić information content (AvgIpc) is 2.99. The van der Waals surface area contributed by atoms with Gasteiger partial charge in [-0.2, -0.15) is 13.2 Å². The van der Waals surface area contributed by atoms with Gasteiger partial charge >= 0.3 is 6.18 Å². The second-order valence-electron chi connectivity index (χ2n) is 8.61. The SMILES string of the molecule is COc1cc(C(F)(F)F)cc(C)c1C(=O)NC1(c2ccccc2)CCC2CCC1N2C. The molecule has 2 heterocycles. The van der Waals surface area contributed by atoms with Crippen LogP contribution in [-0.2, 0) is 11.7 Å². The maximum atomic E-state index is 13.5. The lowest BCUT2D eigenvalue weighted by Crippen LogP contribution is -2.61. The Bertz CT molecular complexity index is 977. The zero-order valence-electron chi connectivity index (χ0n) is 17.9. The van der Waals surface area contributed by atoms with E-state index in [9.17, 15) is 18.0 Å². The number of rotatable bonds is 4. The van der Waals surface area contributed by atoms with Crippen LogP contribution in [0.2, 0.25) is 0 Å². The number of nitrogens with zero attached hydrogens (tertiary/aromatic N) is 1. The smallest absolute Gasteiger partial charge is 0.416 e. The maximum absolute atomic E-state index is 13.5. The van der Waals surface area contributed by atoms with Crippen molar-refractivity contribution >= 4 is 5.91 Å². The molecule has 3 unspecified atom stereocenters. The van der Waals surface area contributed by atoms with Crippen LogP contribution < -0.4 is 10.1 Å². The van der Waals surface area contributed by atoms with E-state index in [4.69, 9.17) is 4.74 Å². The number of amides is 1. The van der Waals surface area contributed by atoms with Gasteiger partial charge in [-0.1, -0.05) is 30.3 Å². The first-order valence-corrected chi connectivity index (χ1v) is 10.5. The monoisotopic (exact) mass is 432 g/mol. The predicted octanol–water partition coefficient (Wildman–Crippen LogP) is 4.90. The van der Waals surface area contributed by atoms with Crippen molar-refractivity contribution in [2.75, 3.05) is 14.2 Å². The summed E-state index contributed by atoms with van der Waals surface area (Å²) < 4.78 is 45.0. The van der Waals surface area contributed by atoms with Gasteiger partial charge in [0, 0.05) is 12.1 Å². The van der Waals surface area contributed by atoms with Crippen molar-refractivity contribution in [2.45, 2.75) is 56.4 Å². The molecule has 31 heavy (non-hydrogen) atoms. The first kappa shape index (κ1) is 21.7. The second kappa shape index (κ2) is 7.86. The fourth-order valence-corrected chi connectivity index (χ4v) is 5.44. The van der Waals surface area contributed by atoms with Crippen LogP contribution in [-0.4, -0.2) is 37.0 Å². The fourth-order valence-electron chi connectivity index (χ4n) is 5.44. The summed E-state index contributed by atoms with van der Waals surface area (Å²) in [7, 11) is 3.38. The van der Waals surface area contributed by atoms with Crippen molar-refractivity contribution in [3.05, 3.63) is 64.7 Å². The van der Waals surface area contributed by atoms with Crippen molar-refractivity contribution in [1.82, 2.24) is 10.2 Å². The molecule has 1 amide bonds. The van der Waals surface area contributed by atoms with E-state index in [0.29, 0.717) is 6.04 Å². The van der Waals surface area contributed by atoms with E-state index in [1.807, 2.05) is 30.3 Å². The van der Waals surface area contributed by atoms with Crippen LogP contribution in [0, 0.1) is 6.92 Å². The van der Waals surface area contributed by atoms with Crippen LogP contribution >= 0.6 is 0 Å². The number of carbonyl (C=O) groups excluding carboxylic acids is 1. The topological polar surface area (TPSA) is 41.6 Å². The Hall–Kier alpha value is -2.54. The number of aryl methyl sites for hydroxylation is 1. The highest BCUT2D eigenvalue weighted by Gasteiger charge is 2.52. The zero-order valence-corrected chi connectivity index (χ0v) is 17.9. The van der Waals surface area contributed by atoms with Gasteiger partial charge in [0.2, 0.25) is 0 Å². The maximum Gasteiger partial charge on any atom is 0.416 e. The van der Waals surface area contributed by atoms with E-state index in [1.54, 1.807) is 0 Å². The molecule has 4 rings (SSSR count). The molecule has 2 aromatic rings. The summed E-state index contributed by atoms with van der Waals surface area (Å²) in [5.74, 6) is -0.479. The van der Waals surface area contributed by atoms with Gasteiger partial charge in [0.25, 0.3) is 5.91 Å². The predicted molar refractivity (Wildman–Crippen MR) is 112 cm³/mol. The molecule has 0 spiro atoms. The standard InChI is InChI=1S/C24H27F3N2O2/c1-15-13-17(24(25,26)27)14-19(31-3)21(15)22(30)28-23(16-7-5-4-6-8-16)12-11-18-9-10-20(23)29(18)2/h4-8,13-14,18,20H,9-12H2,1-3H3,(H,28,30). The Kier molecular flexibility index (Phi) is 5.50. The molecule has 0 aliphatic carbocycles. The van der Waals surface area contributed by atoms with E-state index < -0.39 is 23.2 Å². The molecule has 3 atom stereocenters. The van der Waals surface area contributed by atoms with Gasteiger partial charge in [-0.15, -0.1) is 0 Å². The van der Waals surface area contributed by atoms with Crippen LogP contribution in [0.1, 0.15) is 52.7 Å². The molecule has 0 radical (unpaired) electrons. The Labute approximate surface area is 180 Å². The van der Waals surface area contributed by atoms with Gasteiger partial charge in [0.05, 0.1) is 23.8 Å². The van der Waals surface area contributed by atoms with Crippen LogP contribution in [0.4, 0.5) is 13.2 Å². The number of methoxy groups -OCH3 is 1. The quantitative estimate of drug-likeness (QED) is 0.747. The normalized spacial score (nSPS) is 26.0. The molecule has 7 heteroatoms. The van der Waals surface area contributed by atoms with Crippen molar-refractivity contribution in [1.29, 1.82) is 0 Å². The van der Waals surface area contributed by atoms with Crippen molar-refractivity contribution in [2.24, 2.45) is 0 Å². The molecule has 2 fully saturated rings. The summed E-state index contributed by atoms with van der Waals surface area (Å²) >= 11 is 0. The molecule has 0 aromatic heterocycles. The third kappa shape index (κ3) is 3.69. The number of halogens is 3. The molecule has 2 aliphatic heterocycles. The molecule has 2 aromatic carbocycles. The van der Waals surface area contributed by atoms with Gasteiger partial charge in [0.1, 0.15) is 5.75 Å². The summed E-state index contributed by atoms with van der Waals surface area (Å²) in [5, 5.41) is 3.25. The van der Waals surface area contributed by atoms with E-state index in [0.717, 1.165) is 43.4 Å². The number of hydrogen-bond acceptors (Lipinski definition) is 3. The third-order valence-corrected chi connectivity index (χ3v) is 6.98. The van der Waals surface area contributed by atoms with Crippen LogP contribution in [0.5, 0.6) is 5.75 Å². The Balaban J connectivity index is 1.76. The lowest BCUT2D eigenvalue weighted by atomic mass is 9.76. The van der Waals surface area contributed by atoms with Crippen LogP contribution in [0.3, 0.4) is 0 Å². The number of alkyl halides is 3. The molecular formula is C24H27F3N2O2. The number of benzene rings is 2. The first-order chi connectivity index (χ1) is 14.7. The molecule has 166 valence electrons. The van der Waals surface area contributed by atoms with Crippen LogP contribution in [0.15, 0.2) is 42.5 Å². The van der Waals surface area contributed by atoms with Crippen molar-refractivity contribution in [3.8, 4) is 5.75 Å². The summed E-state index contributed by atoms with van der Waals surface area (Å²) in [5.41, 5.74) is -0.0361. The number of hydrogen-bond donors (Lipinski definition) is 1. The van der Waals surface area contributed by atoms with Gasteiger partial charge in [-0.05, 0) is 62.9 Å². The second-order valence-corrected chi connectivity index (χ2v) is 8.61.